The molecule has 1 aliphatic heterocycles. The Balaban J connectivity index is 1.80. The van der Waals surface area contributed by atoms with Gasteiger partial charge in [0, 0.05) is 23.9 Å². The molecule has 0 aliphatic carbocycles. The fourth-order valence-corrected chi connectivity index (χ4v) is 4.83. The largest absolute Gasteiger partial charge is 0.496 e. The Morgan fingerprint density at radius 3 is 2.56 bits per heavy atom. The van der Waals surface area contributed by atoms with Crippen LogP contribution in [0.3, 0.4) is 0 Å². The van der Waals surface area contributed by atoms with Crippen LogP contribution in [0.4, 0.5) is 0 Å². The molecule has 34 heavy (non-hydrogen) atoms. The molecule has 9 nitrogen and oxygen atoms in total. The Labute approximate surface area is 203 Å². The van der Waals surface area contributed by atoms with E-state index in [4.69, 9.17) is 14.5 Å². The van der Waals surface area contributed by atoms with Crippen molar-refractivity contribution in [3.05, 3.63) is 29.7 Å². The molecule has 0 radical (unpaired) electrons. The van der Waals surface area contributed by atoms with Gasteiger partial charge in [0.15, 0.2) is 5.82 Å². The maximum absolute atomic E-state index is 12.8. The Kier molecular flexibility index (Phi) is 6.56. The van der Waals surface area contributed by atoms with E-state index in [1.807, 2.05) is 57.6 Å². The van der Waals surface area contributed by atoms with Gasteiger partial charge in [-0.25, -0.2) is 14.6 Å². The van der Waals surface area contributed by atoms with Gasteiger partial charge in [-0.1, -0.05) is 4.21 Å². The van der Waals surface area contributed by atoms with Crippen LogP contribution in [0.2, 0.25) is 0 Å². The molecule has 4 rings (SSSR count). The molecule has 0 bridgehead atoms. The molecule has 184 valence electrons. The van der Waals surface area contributed by atoms with Crippen molar-refractivity contribution in [2.45, 2.75) is 71.8 Å². The summed E-state index contributed by atoms with van der Waals surface area (Å²) < 4.78 is 31.4. The van der Waals surface area contributed by atoms with Crippen molar-refractivity contribution < 1.29 is 13.7 Å². The summed E-state index contributed by atoms with van der Waals surface area (Å²) in [5.41, 5.74) is 2.54. The average Bonchev–Trinajstić information content (AvgIpc) is 3.32. The number of nitrogens with zero attached hydrogens (tertiary/aromatic N) is 5. The van der Waals surface area contributed by atoms with Gasteiger partial charge in [0.1, 0.15) is 51.2 Å². The summed E-state index contributed by atoms with van der Waals surface area (Å²) in [6, 6.07) is 3.91. The van der Waals surface area contributed by atoms with Crippen molar-refractivity contribution >= 4 is 11.0 Å². The second-order valence-corrected chi connectivity index (χ2v) is 12.1. The predicted octanol–water partition coefficient (Wildman–Crippen LogP) is 4.16. The molecule has 0 spiro atoms. The lowest BCUT2D eigenvalue weighted by Gasteiger charge is -2.20. The lowest BCUT2D eigenvalue weighted by molar-refractivity contribution is 0.304. The Bertz CT molecular complexity index is 1220. The first-order valence-corrected chi connectivity index (χ1v) is 12.8. The molecular formula is C24H35N6O3S+. The summed E-state index contributed by atoms with van der Waals surface area (Å²) >= 11 is 0. The van der Waals surface area contributed by atoms with Crippen LogP contribution in [0.1, 0.15) is 65.0 Å². The van der Waals surface area contributed by atoms with E-state index in [1.54, 1.807) is 7.11 Å². The van der Waals surface area contributed by atoms with Crippen LogP contribution >= 0.6 is 0 Å². The van der Waals surface area contributed by atoms with Crippen LogP contribution < -0.4 is 14.2 Å². The number of hydrogen-bond donors (Lipinski definition) is 1. The molecule has 2 unspecified atom stereocenters. The van der Waals surface area contributed by atoms with E-state index < -0.39 is 11.0 Å². The first-order valence-electron chi connectivity index (χ1n) is 11.6. The molecule has 1 aromatic carbocycles. The third-order valence-electron chi connectivity index (χ3n) is 5.78. The predicted molar refractivity (Wildman–Crippen MR) is 135 cm³/mol. The maximum atomic E-state index is 12.8. The van der Waals surface area contributed by atoms with E-state index in [0.29, 0.717) is 24.7 Å². The van der Waals surface area contributed by atoms with Crippen LogP contribution in [0.5, 0.6) is 11.5 Å². The average molecular weight is 488 g/mol. The van der Waals surface area contributed by atoms with Gasteiger partial charge >= 0.3 is 0 Å². The van der Waals surface area contributed by atoms with Crippen LogP contribution in [0, 0.1) is 6.92 Å². The molecule has 1 aliphatic rings. The Hall–Kier alpha value is -2.72. The number of methoxy groups -OCH3 is 1. The number of ether oxygens (including phenoxy) is 2. The lowest BCUT2D eigenvalue weighted by Crippen LogP contribution is -2.34. The number of fused-ring (bicyclic) bond motifs is 3. The van der Waals surface area contributed by atoms with Crippen LogP contribution in [-0.4, -0.2) is 42.8 Å². The van der Waals surface area contributed by atoms with Crippen molar-refractivity contribution in [3.63, 3.8) is 0 Å². The summed E-state index contributed by atoms with van der Waals surface area (Å²) in [7, 11) is 0.00687. The van der Waals surface area contributed by atoms with Crippen LogP contribution in [0.25, 0.3) is 22.9 Å². The van der Waals surface area contributed by atoms with Crippen molar-refractivity contribution in [1.29, 1.82) is 0 Å². The maximum Gasteiger partial charge on any atom is 0.178 e. The van der Waals surface area contributed by atoms with Gasteiger partial charge < -0.3 is 14.0 Å². The zero-order chi connectivity index (χ0) is 24.8. The zero-order valence-electron chi connectivity index (χ0n) is 21.2. The smallest absolute Gasteiger partial charge is 0.178 e. The highest BCUT2D eigenvalue weighted by molar-refractivity contribution is 7.84. The van der Waals surface area contributed by atoms with Crippen molar-refractivity contribution in [3.8, 4) is 34.4 Å². The minimum atomic E-state index is -1.63. The van der Waals surface area contributed by atoms with Gasteiger partial charge in [0.25, 0.3) is 0 Å². The third-order valence-corrected chi connectivity index (χ3v) is 7.62. The monoisotopic (exact) mass is 487 g/mol. The summed E-state index contributed by atoms with van der Waals surface area (Å²) in [5, 5.41) is 4.54. The first kappa shape index (κ1) is 24.4. The Morgan fingerprint density at radius 2 is 1.91 bits per heavy atom. The number of imidazole rings is 1. The number of benzene rings is 1. The molecule has 0 amide bonds. The van der Waals surface area contributed by atoms with E-state index in [0.717, 1.165) is 34.3 Å². The van der Waals surface area contributed by atoms with E-state index in [1.165, 1.54) is 0 Å². The van der Waals surface area contributed by atoms with Gasteiger partial charge in [-0.2, -0.15) is 5.10 Å². The lowest BCUT2D eigenvalue weighted by atomic mass is 10.0. The molecule has 10 heteroatoms. The minimum absolute atomic E-state index is 0.168. The molecule has 0 saturated carbocycles. The van der Waals surface area contributed by atoms with Gasteiger partial charge in [0.05, 0.1) is 25.3 Å². The number of thiol groups is 1. The molecule has 0 fully saturated rings. The fourth-order valence-electron chi connectivity index (χ4n) is 3.95. The van der Waals surface area contributed by atoms with Crippen LogP contribution in [-0.2, 0) is 21.7 Å². The molecule has 3 heterocycles. The van der Waals surface area contributed by atoms with Gasteiger partial charge in [-0.3, -0.25) is 0 Å². The summed E-state index contributed by atoms with van der Waals surface area (Å²) in [6.45, 7) is 15.1. The number of aromatic nitrogens is 5. The minimum Gasteiger partial charge on any atom is -0.496 e. The van der Waals surface area contributed by atoms with Gasteiger partial charge in [-0.15, -0.1) is 4.72 Å². The molecule has 2 atom stereocenters. The topological polar surface area (TPSA) is 96.1 Å². The normalized spacial score (nSPS) is 15.3. The zero-order valence-corrected chi connectivity index (χ0v) is 22.1. The van der Waals surface area contributed by atoms with E-state index in [9.17, 15) is 4.21 Å². The molecule has 0 saturated heterocycles. The SMILES string of the molecule is COc1cc2c(cc1C(C)N[SH+](=O)C(C)(C)C)-c1nc(-c3nc(C)nn3C(C)C)cn1CCO2. The van der Waals surface area contributed by atoms with Crippen LogP contribution in [0.15, 0.2) is 18.3 Å². The van der Waals surface area contributed by atoms with Crippen molar-refractivity contribution in [2.75, 3.05) is 13.7 Å². The fraction of sp³-hybridized carbons (Fsp3) is 0.542. The third kappa shape index (κ3) is 4.61. The van der Waals surface area contributed by atoms with Crippen molar-refractivity contribution in [2.24, 2.45) is 0 Å². The highest BCUT2D eigenvalue weighted by Gasteiger charge is 2.30. The highest BCUT2D eigenvalue weighted by atomic mass is 32.2. The number of nitrogens with one attached hydrogen (secondary N) is 1. The molecule has 1 N–H and O–H groups in total. The van der Waals surface area contributed by atoms with E-state index in [-0.39, 0.29) is 16.8 Å². The van der Waals surface area contributed by atoms with Gasteiger partial charge in [0.2, 0.25) is 0 Å². The van der Waals surface area contributed by atoms with E-state index >= 15 is 0 Å². The van der Waals surface area contributed by atoms with Crippen molar-refractivity contribution in [1.82, 2.24) is 29.0 Å². The number of rotatable bonds is 6. The summed E-state index contributed by atoms with van der Waals surface area (Å²) in [6.07, 6.45) is 2.01. The summed E-state index contributed by atoms with van der Waals surface area (Å²) in [5.74, 6) is 3.67. The molecule has 3 aromatic rings. The highest BCUT2D eigenvalue weighted by Crippen LogP contribution is 2.40. The quantitative estimate of drug-likeness (QED) is 0.414. The molecular weight excluding hydrogens is 452 g/mol. The Morgan fingerprint density at radius 1 is 1.18 bits per heavy atom. The van der Waals surface area contributed by atoms with E-state index in [2.05, 4.69) is 33.2 Å². The second-order valence-electron chi connectivity index (χ2n) is 9.92. The second kappa shape index (κ2) is 9.14. The summed E-state index contributed by atoms with van der Waals surface area (Å²) in [4.78, 5) is 9.61. The number of aryl methyl sites for hydroxylation is 1. The van der Waals surface area contributed by atoms with Gasteiger partial charge in [-0.05, 0) is 54.5 Å². The standard InChI is InChI=1S/C24H34N6O3S/c1-14(2)30-23(25-16(4)27-30)19-13-29-9-10-33-21-12-20(32-8)17(11-18(21)22(29)26-19)15(3)28-34(31)24(5,6)7/h11-15H,9-10H2,1-8H3,(H,28,31)/p+1. The number of hydrogen-bond acceptors (Lipinski definition) is 6. The molecule has 2 aromatic heterocycles. The first-order chi connectivity index (χ1) is 16.0.